The maximum Gasteiger partial charge on any atom is 0.306 e. The van der Waals surface area contributed by atoms with Crippen LogP contribution in [0, 0.1) is 13.8 Å². The molecule has 2 aromatic rings. The van der Waals surface area contributed by atoms with Crippen LogP contribution in [0.5, 0.6) is 0 Å². The van der Waals surface area contributed by atoms with Gasteiger partial charge >= 0.3 is 5.97 Å². The van der Waals surface area contributed by atoms with Gasteiger partial charge < -0.3 is 9.26 Å². The summed E-state index contributed by atoms with van der Waals surface area (Å²) >= 11 is 0. The van der Waals surface area contributed by atoms with E-state index in [9.17, 15) is 14.4 Å². The Morgan fingerprint density at radius 3 is 2.46 bits per heavy atom. The molecule has 138 valence electrons. The molecule has 0 saturated heterocycles. The van der Waals surface area contributed by atoms with Crippen LogP contribution in [-0.4, -0.2) is 29.0 Å². The highest BCUT2D eigenvalue weighted by Crippen LogP contribution is 2.14. The predicted molar refractivity (Wildman–Crippen MR) is 91.9 cm³/mol. The third-order valence-corrected chi connectivity index (χ3v) is 3.77. The minimum Gasteiger partial charge on any atom is -0.452 e. The molecule has 2 N–H and O–H groups in total. The summed E-state index contributed by atoms with van der Waals surface area (Å²) in [5.74, 6) is -0.956. The van der Waals surface area contributed by atoms with E-state index >= 15 is 0 Å². The van der Waals surface area contributed by atoms with Gasteiger partial charge in [-0.3, -0.25) is 25.2 Å². The van der Waals surface area contributed by atoms with Crippen molar-refractivity contribution in [2.45, 2.75) is 39.7 Å². The summed E-state index contributed by atoms with van der Waals surface area (Å²) in [6.07, 6.45) is -0.529. The number of benzene rings is 1. The second-order valence-corrected chi connectivity index (χ2v) is 5.74. The molecule has 1 aromatic carbocycles. The zero-order valence-corrected chi connectivity index (χ0v) is 14.9. The Kier molecular flexibility index (Phi) is 6.48. The number of amides is 2. The quantitative estimate of drug-likeness (QED) is 0.599. The number of nitrogens with one attached hydrogen (secondary N) is 2. The van der Waals surface area contributed by atoms with E-state index in [0.717, 1.165) is 11.3 Å². The Morgan fingerprint density at radius 2 is 1.85 bits per heavy atom. The highest BCUT2D eigenvalue weighted by atomic mass is 16.5. The lowest BCUT2D eigenvalue weighted by molar-refractivity contribution is -0.155. The molecule has 1 atom stereocenters. The minimum absolute atomic E-state index is 0.0941. The first kappa shape index (κ1) is 19.2. The third kappa shape index (κ3) is 5.17. The third-order valence-electron chi connectivity index (χ3n) is 3.77. The zero-order chi connectivity index (χ0) is 19.1. The average Bonchev–Trinajstić information content (AvgIpc) is 2.96. The molecule has 8 nitrogen and oxygen atoms in total. The largest absolute Gasteiger partial charge is 0.452 e. The highest BCUT2D eigenvalue weighted by Gasteiger charge is 2.19. The number of hydrogen-bond donors (Lipinski definition) is 2. The van der Waals surface area contributed by atoms with Crippen molar-refractivity contribution in [1.82, 2.24) is 16.0 Å². The van der Waals surface area contributed by atoms with E-state index in [0.29, 0.717) is 17.7 Å². The summed E-state index contributed by atoms with van der Waals surface area (Å²) in [7, 11) is 0. The maximum absolute atomic E-state index is 11.9. The molecule has 2 rings (SSSR count). The summed E-state index contributed by atoms with van der Waals surface area (Å²) in [5.41, 5.74) is 6.49. The molecule has 0 aliphatic heterocycles. The first-order valence-electron chi connectivity index (χ1n) is 8.15. The number of hydrazine groups is 1. The molecule has 0 aliphatic carbocycles. The van der Waals surface area contributed by atoms with Crippen molar-refractivity contribution in [3.8, 4) is 0 Å². The first-order chi connectivity index (χ1) is 12.4. The van der Waals surface area contributed by atoms with Crippen molar-refractivity contribution in [1.29, 1.82) is 0 Å². The summed E-state index contributed by atoms with van der Waals surface area (Å²) in [4.78, 5) is 35.7. The highest BCUT2D eigenvalue weighted by molar-refractivity contribution is 5.95. The van der Waals surface area contributed by atoms with Crippen molar-refractivity contribution in [3.05, 3.63) is 52.9 Å². The Labute approximate surface area is 150 Å². The van der Waals surface area contributed by atoms with E-state index in [-0.39, 0.29) is 6.42 Å². The Morgan fingerprint density at radius 1 is 1.15 bits per heavy atom. The second kappa shape index (κ2) is 8.80. The van der Waals surface area contributed by atoms with Crippen molar-refractivity contribution >= 4 is 17.8 Å². The molecule has 0 unspecified atom stereocenters. The average molecular weight is 359 g/mol. The van der Waals surface area contributed by atoms with Gasteiger partial charge in [-0.15, -0.1) is 0 Å². The Hall–Kier alpha value is -3.16. The fraction of sp³-hybridized carbons (Fsp3) is 0.333. The van der Waals surface area contributed by atoms with Crippen LogP contribution >= 0.6 is 0 Å². The van der Waals surface area contributed by atoms with Crippen molar-refractivity contribution < 1.29 is 23.6 Å². The molecule has 1 aromatic heterocycles. The smallest absolute Gasteiger partial charge is 0.306 e. The standard InChI is InChI=1S/C18H21N3O5/c1-11-15(12(2)26-21-11)9-10-16(22)25-13(3)17(23)19-20-18(24)14-7-5-4-6-8-14/h4-8,13H,9-10H2,1-3H3,(H,19,23)(H,20,24)/t13-/m1/s1. The minimum atomic E-state index is -1.04. The lowest BCUT2D eigenvalue weighted by Gasteiger charge is -2.14. The molecule has 8 heteroatoms. The molecule has 0 fully saturated rings. The van der Waals surface area contributed by atoms with Gasteiger partial charge in [0.2, 0.25) is 0 Å². The van der Waals surface area contributed by atoms with Crippen LogP contribution in [0.15, 0.2) is 34.9 Å². The van der Waals surface area contributed by atoms with Crippen LogP contribution in [-0.2, 0) is 20.7 Å². The molecule has 2 amide bonds. The van der Waals surface area contributed by atoms with Gasteiger partial charge in [-0.1, -0.05) is 23.4 Å². The number of esters is 1. The van der Waals surface area contributed by atoms with E-state index in [1.807, 2.05) is 0 Å². The Balaban J connectivity index is 1.75. The van der Waals surface area contributed by atoms with Gasteiger partial charge in [-0.25, -0.2) is 0 Å². The lowest BCUT2D eigenvalue weighted by atomic mass is 10.1. The molecule has 0 aliphatic rings. The van der Waals surface area contributed by atoms with Crippen molar-refractivity contribution in [2.75, 3.05) is 0 Å². The number of nitrogens with zero attached hydrogens (tertiary/aromatic N) is 1. The Bertz CT molecular complexity index is 766. The van der Waals surface area contributed by atoms with Gasteiger partial charge in [-0.2, -0.15) is 0 Å². The molecule has 0 spiro atoms. The van der Waals surface area contributed by atoms with Crippen LogP contribution < -0.4 is 10.9 Å². The fourth-order valence-electron chi connectivity index (χ4n) is 2.28. The second-order valence-electron chi connectivity index (χ2n) is 5.74. The SMILES string of the molecule is Cc1noc(C)c1CCC(=O)O[C@H](C)C(=O)NNC(=O)c1ccccc1. The number of carbonyl (C=O) groups is 3. The van der Waals surface area contributed by atoms with E-state index in [1.165, 1.54) is 6.92 Å². The van der Waals surface area contributed by atoms with Crippen LogP contribution in [0.3, 0.4) is 0 Å². The molecule has 26 heavy (non-hydrogen) atoms. The van der Waals surface area contributed by atoms with Crippen LogP contribution in [0.4, 0.5) is 0 Å². The van der Waals surface area contributed by atoms with Gasteiger partial charge in [0.05, 0.1) is 5.69 Å². The summed E-state index contributed by atoms with van der Waals surface area (Å²) in [5, 5.41) is 3.82. The summed E-state index contributed by atoms with van der Waals surface area (Å²) < 4.78 is 10.1. The first-order valence-corrected chi connectivity index (χ1v) is 8.15. The topological polar surface area (TPSA) is 111 Å². The number of rotatable bonds is 6. The molecule has 0 saturated carbocycles. The van der Waals surface area contributed by atoms with Gasteiger partial charge in [0, 0.05) is 17.5 Å². The van der Waals surface area contributed by atoms with Gasteiger partial charge in [0.1, 0.15) is 5.76 Å². The fourth-order valence-corrected chi connectivity index (χ4v) is 2.28. The molecular formula is C18H21N3O5. The van der Waals surface area contributed by atoms with Crippen LogP contribution in [0.25, 0.3) is 0 Å². The number of carbonyl (C=O) groups excluding carboxylic acids is 3. The van der Waals surface area contributed by atoms with Crippen LogP contribution in [0.1, 0.15) is 40.7 Å². The van der Waals surface area contributed by atoms with E-state index < -0.39 is 23.9 Å². The van der Waals surface area contributed by atoms with E-state index in [2.05, 4.69) is 16.0 Å². The molecule has 1 heterocycles. The molecule has 0 bridgehead atoms. The van der Waals surface area contributed by atoms with Crippen molar-refractivity contribution in [3.63, 3.8) is 0 Å². The lowest BCUT2D eigenvalue weighted by Crippen LogP contribution is -2.46. The normalized spacial score (nSPS) is 11.5. The van der Waals surface area contributed by atoms with Gasteiger partial charge in [-0.05, 0) is 39.3 Å². The predicted octanol–water partition coefficient (Wildman–Crippen LogP) is 1.62. The number of hydrogen-bond acceptors (Lipinski definition) is 6. The van der Waals surface area contributed by atoms with Gasteiger partial charge in [0.15, 0.2) is 6.10 Å². The van der Waals surface area contributed by atoms with Crippen molar-refractivity contribution in [2.24, 2.45) is 0 Å². The zero-order valence-electron chi connectivity index (χ0n) is 14.9. The molecular weight excluding hydrogens is 338 g/mol. The number of ether oxygens (including phenoxy) is 1. The van der Waals surface area contributed by atoms with E-state index in [4.69, 9.17) is 9.26 Å². The monoisotopic (exact) mass is 359 g/mol. The number of aromatic nitrogens is 1. The van der Waals surface area contributed by atoms with Gasteiger partial charge in [0.25, 0.3) is 11.8 Å². The molecule has 0 radical (unpaired) electrons. The summed E-state index contributed by atoms with van der Waals surface area (Å²) in [6.45, 7) is 4.99. The number of aryl methyl sites for hydroxylation is 2. The van der Waals surface area contributed by atoms with Crippen LogP contribution in [0.2, 0.25) is 0 Å². The van der Waals surface area contributed by atoms with E-state index in [1.54, 1.807) is 44.2 Å². The summed E-state index contributed by atoms with van der Waals surface area (Å²) in [6, 6.07) is 8.42. The maximum atomic E-state index is 11.9.